The van der Waals surface area contributed by atoms with Crippen LogP contribution in [0, 0.1) is 34.5 Å². The minimum Gasteiger partial charge on any atom is -0.455 e. The second kappa shape index (κ2) is 10.4. The molecule has 12 heteroatoms. The van der Waals surface area contributed by atoms with Gasteiger partial charge in [-0.1, -0.05) is 18.2 Å². The van der Waals surface area contributed by atoms with Gasteiger partial charge in [0.05, 0.1) is 30.5 Å². The van der Waals surface area contributed by atoms with Crippen molar-refractivity contribution in [3.05, 3.63) is 35.9 Å². The topological polar surface area (TPSA) is 153 Å². The molecule has 7 bridgehead atoms. The zero-order valence-corrected chi connectivity index (χ0v) is 26.6. The van der Waals surface area contributed by atoms with Crippen LogP contribution >= 0.6 is 0 Å². The van der Waals surface area contributed by atoms with Gasteiger partial charge >= 0.3 is 11.9 Å². The van der Waals surface area contributed by atoms with E-state index in [0.717, 1.165) is 0 Å². The van der Waals surface area contributed by atoms with Crippen LogP contribution in [0.4, 0.5) is 0 Å². The highest BCUT2D eigenvalue weighted by Crippen LogP contribution is 2.80. The number of aliphatic hydroxyl groups excluding tert-OH is 2. The summed E-state index contributed by atoms with van der Waals surface area (Å²) in [4.78, 5) is 29.1. The molecule has 1 heterocycles. The second-order valence-corrected chi connectivity index (χ2v) is 14.3. The third kappa shape index (κ3) is 3.55. The average Bonchev–Trinajstić information content (AvgIpc) is 3.41. The van der Waals surface area contributed by atoms with E-state index in [9.17, 15) is 24.9 Å². The number of aliphatic hydroxyl groups is 3. The van der Waals surface area contributed by atoms with Crippen LogP contribution in [-0.4, -0.2) is 135 Å². The van der Waals surface area contributed by atoms with E-state index in [1.807, 2.05) is 7.05 Å². The standard InChI is InChI=1S/C33H45NO11/c1-16(35)45-33-21-18(13-31(39,26(37)28(33)43-6)27(21)44-29(38)17-10-8-7-9-11-17)32-20(41-4)12-19(36)30(15-40-3)14-34(2)25(32)22(33)23(42-5)24(30)32/h7-11,18-28,36-37,39H,12-15H2,1-6H3/t18-,19+,20-,21-,22-,23+,24-,25+,26-,27+,28+,30-,31-,32+,33-/m1/s1. The number of ether oxygens (including phenoxy) is 6. The van der Waals surface area contributed by atoms with Crippen molar-refractivity contribution in [3.8, 4) is 0 Å². The molecule has 12 nitrogen and oxygen atoms in total. The molecule has 6 aliphatic rings. The minimum atomic E-state index is -1.93. The molecule has 0 unspecified atom stereocenters. The average molecular weight is 632 g/mol. The molecule has 7 rings (SSSR count). The van der Waals surface area contributed by atoms with E-state index in [-0.39, 0.29) is 30.6 Å². The molecule has 0 aromatic heterocycles. The normalized spacial score (nSPS) is 50.7. The van der Waals surface area contributed by atoms with Gasteiger partial charge in [0.1, 0.15) is 23.9 Å². The number of likely N-dealkylation sites (tertiary alicyclic amines) is 1. The minimum absolute atomic E-state index is 0.0253. The molecule has 0 amide bonds. The molecule has 1 aliphatic heterocycles. The number of hydrogen-bond acceptors (Lipinski definition) is 12. The summed E-state index contributed by atoms with van der Waals surface area (Å²) in [5.41, 5.74) is -4.79. The number of benzene rings is 1. The lowest BCUT2D eigenvalue weighted by atomic mass is 9.42. The first-order chi connectivity index (χ1) is 21.4. The van der Waals surface area contributed by atoms with Gasteiger partial charge in [-0.25, -0.2) is 4.79 Å². The van der Waals surface area contributed by atoms with E-state index in [2.05, 4.69) is 4.90 Å². The molecule has 248 valence electrons. The smallest absolute Gasteiger partial charge is 0.338 e. The van der Waals surface area contributed by atoms with E-state index < -0.39 is 88.3 Å². The van der Waals surface area contributed by atoms with Gasteiger partial charge < -0.3 is 48.6 Å². The van der Waals surface area contributed by atoms with Crippen LogP contribution in [0.3, 0.4) is 0 Å². The van der Waals surface area contributed by atoms with Crippen LogP contribution < -0.4 is 0 Å². The third-order valence-corrected chi connectivity index (χ3v) is 12.9. The molecule has 0 radical (unpaired) electrons. The van der Waals surface area contributed by atoms with Gasteiger partial charge in [0.2, 0.25) is 0 Å². The van der Waals surface area contributed by atoms with Gasteiger partial charge in [-0.05, 0) is 31.5 Å². The molecular formula is C33H45NO11. The first kappa shape index (κ1) is 31.4. The van der Waals surface area contributed by atoms with Crippen LogP contribution in [0.15, 0.2) is 30.3 Å². The summed E-state index contributed by atoms with van der Waals surface area (Å²) in [5, 5.41) is 36.6. The molecule has 3 N–H and O–H groups in total. The Balaban J connectivity index is 1.52. The highest BCUT2D eigenvalue weighted by atomic mass is 16.6. The van der Waals surface area contributed by atoms with Gasteiger partial charge in [0.25, 0.3) is 0 Å². The Bertz CT molecular complexity index is 1350. The summed E-state index contributed by atoms with van der Waals surface area (Å²) >= 11 is 0. The maximum Gasteiger partial charge on any atom is 0.338 e. The third-order valence-electron chi connectivity index (χ3n) is 12.9. The van der Waals surface area contributed by atoms with Crippen molar-refractivity contribution in [1.29, 1.82) is 0 Å². The highest BCUT2D eigenvalue weighted by molar-refractivity contribution is 5.89. The van der Waals surface area contributed by atoms with Crippen molar-refractivity contribution in [2.24, 2.45) is 34.5 Å². The lowest BCUT2D eigenvalue weighted by molar-refractivity contribution is -0.322. The Hall–Kier alpha value is -2.16. The number of piperidine rings is 1. The van der Waals surface area contributed by atoms with E-state index in [0.29, 0.717) is 13.0 Å². The SMILES string of the molecule is COC[C@@]12CN(C)[C@H]3[C@H]4[C@H](OC)[C@H]1[C@]3([C@@H]1C[C@@]3(O)[C@H](O)[C@H](OC)[C@@]4(OC(C)=O)[C@H]1[C@@H]3OC(=O)c1ccccc1)[C@H](OC)C[C@@H]2O. The fraction of sp³-hybridized carbons (Fsp3) is 0.758. The van der Waals surface area contributed by atoms with Gasteiger partial charge in [-0.2, -0.15) is 0 Å². The number of rotatable bonds is 8. The monoisotopic (exact) mass is 631 g/mol. The fourth-order valence-corrected chi connectivity index (χ4v) is 12.2. The molecular weight excluding hydrogens is 586 g/mol. The zero-order chi connectivity index (χ0) is 32.3. The van der Waals surface area contributed by atoms with Crippen molar-refractivity contribution >= 4 is 11.9 Å². The Morgan fingerprint density at radius 2 is 1.71 bits per heavy atom. The van der Waals surface area contributed by atoms with Crippen molar-refractivity contribution in [2.75, 3.05) is 48.6 Å². The van der Waals surface area contributed by atoms with Gasteiger partial charge in [0, 0.05) is 83.0 Å². The predicted molar refractivity (Wildman–Crippen MR) is 156 cm³/mol. The Morgan fingerprint density at radius 3 is 2.31 bits per heavy atom. The summed E-state index contributed by atoms with van der Waals surface area (Å²) in [6.45, 7) is 2.04. The predicted octanol–water partition coefficient (Wildman–Crippen LogP) is 0.258. The molecule has 1 spiro atoms. The summed E-state index contributed by atoms with van der Waals surface area (Å²) in [6.07, 6.45) is -5.57. The molecule has 6 fully saturated rings. The fourth-order valence-electron chi connectivity index (χ4n) is 12.2. The number of esters is 2. The Morgan fingerprint density at radius 1 is 1.00 bits per heavy atom. The molecule has 5 saturated carbocycles. The Labute approximate surface area is 262 Å². The van der Waals surface area contributed by atoms with Crippen molar-refractivity contribution in [1.82, 2.24) is 4.90 Å². The maximum absolute atomic E-state index is 13.7. The highest BCUT2D eigenvalue weighted by Gasteiger charge is 2.92. The summed E-state index contributed by atoms with van der Waals surface area (Å²) in [5.74, 6) is -3.54. The summed E-state index contributed by atoms with van der Waals surface area (Å²) in [7, 11) is 8.27. The van der Waals surface area contributed by atoms with E-state index in [4.69, 9.17) is 28.4 Å². The van der Waals surface area contributed by atoms with E-state index in [1.54, 1.807) is 51.7 Å². The summed E-state index contributed by atoms with van der Waals surface area (Å²) < 4.78 is 37.4. The van der Waals surface area contributed by atoms with Crippen LogP contribution in [0.2, 0.25) is 0 Å². The van der Waals surface area contributed by atoms with Crippen LogP contribution in [-0.2, 0) is 33.2 Å². The maximum atomic E-state index is 13.7. The van der Waals surface area contributed by atoms with Gasteiger partial charge in [0.15, 0.2) is 5.60 Å². The largest absolute Gasteiger partial charge is 0.455 e. The molecule has 1 aromatic carbocycles. The van der Waals surface area contributed by atoms with Crippen LogP contribution in [0.1, 0.15) is 30.1 Å². The quantitative estimate of drug-likeness (QED) is 0.337. The van der Waals surface area contributed by atoms with Crippen molar-refractivity contribution in [3.63, 3.8) is 0 Å². The first-order valence-corrected chi connectivity index (χ1v) is 15.8. The molecule has 45 heavy (non-hydrogen) atoms. The van der Waals surface area contributed by atoms with E-state index in [1.165, 1.54) is 14.0 Å². The molecule has 1 saturated heterocycles. The zero-order valence-electron chi connectivity index (χ0n) is 26.6. The molecule has 1 aromatic rings. The number of nitrogens with zero attached hydrogens (tertiary/aromatic N) is 1. The number of carbonyl (C=O) groups is 2. The van der Waals surface area contributed by atoms with Crippen molar-refractivity contribution in [2.45, 2.75) is 73.6 Å². The summed E-state index contributed by atoms with van der Waals surface area (Å²) in [6, 6.07) is 8.14. The lowest BCUT2D eigenvalue weighted by Gasteiger charge is -2.70. The van der Waals surface area contributed by atoms with Crippen LogP contribution in [0.5, 0.6) is 0 Å². The lowest BCUT2D eigenvalue weighted by Crippen LogP contribution is -2.81. The molecule has 15 atom stereocenters. The number of methoxy groups -OCH3 is 4. The Kier molecular flexibility index (Phi) is 7.28. The van der Waals surface area contributed by atoms with Gasteiger partial charge in [-0.3, -0.25) is 4.79 Å². The number of hydrogen-bond donors (Lipinski definition) is 3. The van der Waals surface area contributed by atoms with Crippen LogP contribution in [0.25, 0.3) is 0 Å². The first-order valence-electron chi connectivity index (χ1n) is 15.8. The number of fused-ring (bicyclic) bond motifs is 2. The van der Waals surface area contributed by atoms with Crippen molar-refractivity contribution < 1.29 is 53.3 Å². The molecule has 5 aliphatic carbocycles. The number of carbonyl (C=O) groups excluding carboxylic acids is 2. The van der Waals surface area contributed by atoms with Gasteiger partial charge in [-0.15, -0.1) is 0 Å². The second-order valence-electron chi connectivity index (χ2n) is 14.3. The van der Waals surface area contributed by atoms with E-state index >= 15 is 0 Å².